The van der Waals surface area contributed by atoms with E-state index in [4.69, 9.17) is 4.98 Å². The molecular formula is C29H31N5OS. The number of nitrogens with one attached hydrogen (secondary N) is 1. The number of pyridine rings is 2. The maximum Gasteiger partial charge on any atom is 0.253 e. The lowest BCUT2D eigenvalue weighted by Crippen LogP contribution is -2.25. The van der Waals surface area contributed by atoms with Crippen LogP contribution in [0.4, 0.5) is 5.13 Å². The number of thiazole rings is 1. The van der Waals surface area contributed by atoms with Gasteiger partial charge in [0.25, 0.3) is 5.91 Å². The molecule has 7 heteroatoms. The first-order valence-corrected chi connectivity index (χ1v) is 13.3. The van der Waals surface area contributed by atoms with Gasteiger partial charge in [0.15, 0.2) is 5.13 Å². The molecule has 1 atom stereocenters. The van der Waals surface area contributed by atoms with Crippen molar-refractivity contribution in [3.05, 3.63) is 105 Å². The SMILES string of the molecule is Cc1ccnc(C)c1C(=O)NCc1cccc(CN(C)c2nc(C3CCCc4cccnc43)cs2)c1. The van der Waals surface area contributed by atoms with Crippen molar-refractivity contribution in [1.82, 2.24) is 20.3 Å². The Bertz CT molecular complexity index is 1360. The summed E-state index contributed by atoms with van der Waals surface area (Å²) in [6.07, 6.45) is 7.01. The van der Waals surface area contributed by atoms with Crippen molar-refractivity contribution in [3.8, 4) is 0 Å². The summed E-state index contributed by atoms with van der Waals surface area (Å²) >= 11 is 1.69. The zero-order valence-electron chi connectivity index (χ0n) is 21.0. The first kappa shape index (κ1) is 24.1. The highest BCUT2D eigenvalue weighted by molar-refractivity contribution is 7.13. The number of aromatic nitrogens is 3. The first-order valence-electron chi connectivity index (χ1n) is 12.4. The molecule has 3 aromatic heterocycles. The maximum atomic E-state index is 12.7. The zero-order chi connectivity index (χ0) is 25.1. The molecule has 0 aliphatic heterocycles. The molecule has 1 aliphatic rings. The average molecular weight is 498 g/mol. The molecule has 0 saturated heterocycles. The van der Waals surface area contributed by atoms with Crippen LogP contribution in [0.25, 0.3) is 0 Å². The number of carbonyl (C=O) groups excluding carboxylic acids is 1. The largest absolute Gasteiger partial charge is 0.348 e. The first-order chi connectivity index (χ1) is 17.5. The van der Waals surface area contributed by atoms with Gasteiger partial charge in [-0.2, -0.15) is 0 Å². The van der Waals surface area contributed by atoms with Crippen LogP contribution >= 0.6 is 11.3 Å². The third kappa shape index (κ3) is 5.16. The van der Waals surface area contributed by atoms with Gasteiger partial charge in [-0.25, -0.2) is 4.98 Å². The Hall–Kier alpha value is -3.58. The van der Waals surface area contributed by atoms with E-state index in [1.807, 2.05) is 44.3 Å². The van der Waals surface area contributed by atoms with E-state index in [2.05, 4.69) is 50.8 Å². The van der Waals surface area contributed by atoms with Crippen molar-refractivity contribution in [2.45, 2.75) is 52.1 Å². The highest BCUT2D eigenvalue weighted by atomic mass is 32.1. The Kier molecular flexibility index (Phi) is 7.09. The molecule has 1 unspecified atom stereocenters. The van der Waals surface area contributed by atoms with E-state index in [0.29, 0.717) is 12.1 Å². The van der Waals surface area contributed by atoms with Crippen molar-refractivity contribution < 1.29 is 4.79 Å². The summed E-state index contributed by atoms with van der Waals surface area (Å²) in [4.78, 5) is 28.9. The Morgan fingerprint density at radius 3 is 2.83 bits per heavy atom. The van der Waals surface area contributed by atoms with Gasteiger partial charge in [0.1, 0.15) is 0 Å². The molecule has 184 valence electrons. The van der Waals surface area contributed by atoms with Gasteiger partial charge in [0.2, 0.25) is 0 Å². The smallest absolute Gasteiger partial charge is 0.253 e. The minimum atomic E-state index is -0.0882. The van der Waals surface area contributed by atoms with E-state index in [1.54, 1.807) is 17.5 Å². The molecule has 0 fully saturated rings. The normalized spacial score (nSPS) is 14.8. The lowest BCUT2D eigenvalue weighted by atomic mass is 9.85. The van der Waals surface area contributed by atoms with Crippen molar-refractivity contribution in [3.63, 3.8) is 0 Å². The second-order valence-electron chi connectivity index (χ2n) is 9.49. The van der Waals surface area contributed by atoms with Crippen LogP contribution in [0.5, 0.6) is 0 Å². The van der Waals surface area contributed by atoms with Crippen LogP contribution < -0.4 is 10.2 Å². The fraction of sp³-hybridized carbons (Fsp3) is 0.310. The van der Waals surface area contributed by atoms with Crippen LogP contribution in [0.3, 0.4) is 0 Å². The molecule has 36 heavy (non-hydrogen) atoms. The molecule has 1 aliphatic carbocycles. The van der Waals surface area contributed by atoms with E-state index in [0.717, 1.165) is 47.0 Å². The van der Waals surface area contributed by atoms with E-state index in [-0.39, 0.29) is 11.8 Å². The molecular weight excluding hydrogens is 466 g/mol. The Labute approximate surface area is 216 Å². The van der Waals surface area contributed by atoms with E-state index in [9.17, 15) is 4.79 Å². The number of rotatable bonds is 7. The van der Waals surface area contributed by atoms with E-state index in [1.165, 1.54) is 23.2 Å². The third-order valence-electron chi connectivity index (χ3n) is 6.83. The minimum absolute atomic E-state index is 0.0882. The molecule has 1 N–H and O–H groups in total. The molecule has 0 bridgehead atoms. The summed E-state index contributed by atoms with van der Waals surface area (Å²) in [6, 6.07) is 14.4. The van der Waals surface area contributed by atoms with Crippen LogP contribution in [0.1, 0.15) is 68.5 Å². The number of hydrogen-bond donors (Lipinski definition) is 1. The molecule has 0 spiro atoms. The van der Waals surface area contributed by atoms with Crippen molar-refractivity contribution >= 4 is 22.4 Å². The molecule has 3 heterocycles. The highest BCUT2D eigenvalue weighted by Gasteiger charge is 2.25. The standard InChI is InChI=1S/C29H31N5OS/c1-19-12-14-30-20(2)26(19)28(35)32-16-21-7-4-8-22(15-21)17-34(3)29-33-25(18-36-29)24-11-5-9-23-10-6-13-31-27(23)24/h4,6-8,10,12-15,18,24H,5,9,11,16-17H2,1-3H3,(H,32,35). The quantitative estimate of drug-likeness (QED) is 0.361. The van der Waals surface area contributed by atoms with Crippen LogP contribution in [0.15, 0.2) is 60.2 Å². The number of benzene rings is 1. The minimum Gasteiger partial charge on any atom is -0.348 e. The molecule has 6 nitrogen and oxygen atoms in total. The van der Waals surface area contributed by atoms with Gasteiger partial charge in [-0.05, 0) is 67.5 Å². The van der Waals surface area contributed by atoms with Crippen molar-refractivity contribution in [1.29, 1.82) is 0 Å². The number of nitrogens with zero attached hydrogens (tertiary/aromatic N) is 4. The topological polar surface area (TPSA) is 71.0 Å². The molecule has 0 saturated carbocycles. The number of anilines is 1. The van der Waals surface area contributed by atoms with Crippen LogP contribution in [0.2, 0.25) is 0 Å². The van der Waals surface area contributed by atoms with Crippen LogP contribution in [0, 0.1) is 13.8 Å². The lowest BCUT2D eigenvalue weighted by Gasteiger charge is -2.23. The lowest BCUT2D eigenvalue weighted by molar-refractivity contribution is 0.0949. The summed E-state index contributed by atoms with van der Waals surface area (Å²) in [7, 11) is 2.08. The summed E-state index contributed by atoms with van der Waals surface area (Å²) in [5.41, 5.74) is 8.26. The second kappa shape index (κ2) is 10.6. The molecule has 1 amide bonds. The number of carbonyl (C=O) groups is 1. The fourth-order valence-electron chi connectivity index (χ4n) is 5.00. The summed E-state index contributed by atoms with van der Waals surface area (Å²) in [6.45, 7) is 5.02. The van der Waals surface area contributed by atoms with Crippen LogP contribution in [-0.4, -0.2) is 27.9 Å². The Morgan fingerprint density at radius 1 is 1.11 bits per heavy atom. The third-order valence-corrected chi connectivity index (χ3v) is 7.80. The zero-order valence-corrected chi connectivity index (χ0v) is 21.8. The summed E-state index contributed by atoms with van der Waals surface area (Å²) in [5.74, 6) is 0.196. The number of amides is 1. The summed E-state index contributed by atoms with van der Waals surface area (Å²) in [5, 5.41) is 6.25. The van der Waals surface area contributed by atoms with Gasteiger partial charge in [-0.1, -0.05) is 30.3 Å². The van der Waals surface area contributed by atoms with E-state index >= 15 is 0 Å². The highest BCUT2D eigenvalue weighted by Crippen LogP contribution is 2.37. The van der Waals surface area contributed by atoms with E-state index < -0.39 is 0 Å². The predicted molar refractivity (Wildman–Crippen MR) is 145 cm³/mol. The summed E-state index contributed by atoms with van der Waals surface area (Å²) < 4.78 is 0. The van der Waals surface area contributed by atoms with Gasteiger partial charge in [-0.15, -0.1) is 11.3 Å². The molecule has 4 aromatic rings. The fourth-order valence-corrected chi connectivity index (χ4v) is 5.84. The van der Waals surface area contributed by atoms with Crippen molar-refractivity contribution in [2.24, 2.45) is 0 Å². The average Bonchev–Trinajstić information content (AvgIpc) is 3.38. The number of aryl methyl sites for hydroxylation is 3. The second-order valence-corrected chi connectivity index (χ2v) is 10.3. The van der Waals surface area contributed by atoms with Crippen LogP contribution in [-0.2, 0) is 19.5 Å². The Balaban J connectivity index is 1.24. The number of hydrogen-bond acceptors (Lipinski definition) is 6. The molecule has 0 radical (unpaired) electrons. The maximum absolute atomic E-state index is 12.7. The van der Waals surface area contributed by atoms with Gasteiger partial charge >= 0.3 is 0 Å². The molecule has 5 rings (SSSR count). The predicted octanol–water partition coefficient (Wildman–Crippen LogP) is 5.58. The van der Waals surface area contributed by atoms with Gasteiger partial charge in [0.05, 0.1) is 22.6 Å². The van der Waals surface area contributed by atoms with Gasteiger partial charge in [0, 0.05) is 43.8 Å². The Morgan fingerprint density at radius 2 is 1.97 bits per heavy atom. The monoisotopic (exact) mass is 497 g/mol. The molecule has 1 aromatic carbocycles. The number of fused-ring (bicyclic) bond motifs is 1. The van der Waals surface area contributed by atoms with Crippen molar-refractivity contribution in [2.75, 3.05) is 11.9 Å². The van der Waals surface area contributed by atoms with Gasteiger partial charge < -0.3 is 10.2 Å². The van der Waals surface area contributed by atoms with Gasteiger partial charge in [-0.3, -0.25) is 14.8 Å².